The van der Waals surface area contributed by atoms with Crippen LogP contribution in [-0.4, -0.2) is 48.8 Å². The number of carboxylic acids is 1. The van der Waals surface area contributed by atoms with Crippen LogP contribution in [0.1, 0.15) is 151 Å². The Morgan fingerprint density at radius 2 is 0.864 bits per heavy atom. The Labute approximate surface area is 352 Å². The van der Waals surface area contributed by atoms with E-state index in [4.69, 9.17) is 28.8 Å². The number of rotatable bonds is 29. The van der Waals surface area contributed by atoms with Gasteiger partial charge in [-0.1, -0.05) is 105 Å². The second-order valence-corrected chi connectivity index (χ2v) is 15.5. The molecule has 0 bridgehead atoms. The third-order valence-corrected chi connectivity index (χ3v) is 9.26. The van der Waals surface area contributed by atoms with Crippen molar-refractivity contribution in [1.82, 2.24) is 0 Å². The molecule has 59 heavy (non-hydrogen) atoms. The Balaban J connectivity index is 0.00000106. The predicted molar refractivity (Wildman–Crippen MR) is 233 cm³/mol. The molecule has 0 heterocycles. The molecule has 3 aromatic rings. The van der Waals surface area contributed by atoms with Gasteiger partial charge in [0.1, 0.15) is 23.0 Å². The maximum Gasteiger partial charge on any atom is 0.343 e. The van der Waals surface area contributed by atoms with Gasteiger partial charge >= 0.3 is 23.9 Å². The number of carbonyl (C=O) groups excluding carboxylic acids is 3. The summed E-state index contributed by atoms with van der Waals surface area (Å²) in [5, 5.41) is 8.28. The molecule has 0 aliphatic rings. The molecule has 0 amide bonds. The Morgan fingerprint density at radius 3 is 1.25 bits per heavy atom. The van der Waals surface area contributed by atoms with Gasteiger partial charge in [-0.25, -0.2) is 14.4 Å². The summed E-state index contributed by atoms with van der Waals surface area (Å²) >= 11 is 0. The number of aliphatic carboxylic acids is 1. The quantitative estimate of drug-likeness (QED) is 0.0312. The van der Waals surface area contributed by atoms with Crippen LogP contribution in [0.15, 0.2) is 85.5 Å². The molecule has 0 aromatic heterocycles. The van der Waals surface area contributed by atoms with E-state index < -0.39 is 17.9 Å². The molecular weight excluding hydrogens is 749 g/mol. The highest BCUT2D eigenvalue weighted by Crippen LogP contribution is 2.22. The molecule has 0 fully saturated rings. The Bertz CT molecular complexity index is 1610. The predicted octanol–water partition coefficient (Wildman–Crippen LogP) is 12.2. The maximum absolute atomic E-state index is 12.6. The number of carboxylic acid groups (broad SMARTS) is 1. The lowest BCUT2D eigenvalue weighted by molar-refractivity contribution is -0.138. The van der Waals surface area contributed by atoms with Gasteiger partial charge in [-0.05, 0) is 110 Å². The van der Waals surface area contributed by atoms with Crippen LogP contribution < -0.4 is 18.9 Å². The number of unbranched alkanes of at least 4 members (excludes halogenated alkanes) is 10. The normalized spacial score (nSPS) is 10.7. The summed E-state index contributed by atoms with van der Waals surface area (Å²) in [6, 6.07) is 20.1. The van der Waals surface area contributed by atoms with Crippen molar-refractivity contribution in [2.45, 2.75) is 130 Å². The van der Waals surface area contributed by atoms with Gasteiger partial charge in [0.05, 0.1) is 30.9 Å². The first kappa shape index (κ1) is 50.0. The molecule has 324 valence electrons. The maximum atomic E-state index is 12.6. The minimum atomic E-state index is -0.677. The zero-order chi connectivity index (χ0) is 43.1. The van der Waals surface area contributed by atoms with Crippen molar-refractivity contribution in [2.75, 3.05) is 19.8 Å². The van der Waals surface area contributed by atoms with Crippen molar-refractivity contribution in [3.63, 3.8) is 0 Å². The van der Waals surface area contributed by atoms with Crippen LogP contribution in [0, 0.1) is 11.8 Å². The van der Waals surface area contributed by atoms with E-state index in [0.717, 1.165) is 82.3 Å². The van der Waals surface area contributed by atoms with Crippen molar-refractivity contribution >= 4 is 23.9 Å². The number of benzene rings is 3. The molecule has 10 heteroatoms. The first-order valence-electron chi connectivity index (χ1n) is 21.5. The molecule has 0 aliphatic carbocycles. The summed E-state index contributed by atoms with van der Waals surface area (Å²) in [4.78, 5) is 46.3. The van der Waals surface area contributed by atoms with Gasteiger partial charge in [0.2, 0.25) is 0 Å². The number of hydrogen-bond donors (Lipinski definition) is 1. The van der Waals surface area contributed by atoms with E-state index in [-0.39, 0.29) is 5.97 Å². The van der Waals surface area contributed by atoms with Gasteiger partial charge in [0.15, 0.2) is 0 Å². The average molecular weight is 817 g/mol. The van der Waals surface area contributed by atoms with Crippen LogP contribution in [0.5, 0.6) is 23.0 Å². The molecule has 0 radical (unpaired) electrons. The SMILES string of the molecule is C=CC(=O)OCCCCCCCCOc1ccc(C(=O)Oc2ccc(OC(=O)c3ccc(OCCCCCCCC(C)C)cc3)cc2)cc1.CC(C)CCCCC(=O)O. The van der Waals surface area contributed by atoms with Gasteiger partial charge < -0.3 is 28.8 Å². The van der Waals surface area contributed by atoms with Gasteiger partial charge in [-0.2, -0.15) is 0 Å². The molecule has 0 unspecified atom stereocenters. The van der Waals surface area contributed by atoms with E-state index in [9.17, 15) is 19.2 Å². The highest BCUT2D eigenvalue weighted by molar-refractivity contribution is 5.92. The van der Waals surface area contributed by atoms with E-state index in [1.165, 1.54) is 31.8 Å². The molecule has 0 saturated carbocycles. The van der Waals surface area contributed by atoms with E-state index in [1.54, 1.807) is 72.8 Å². The van der Waals surface area contributed by atoms with E-state index in [2.05, 4.69) is 34.3 Å². The van der Waals surface area contributed by atoms with Gasteiger partial charge in [0, 0.05) is 12.5 Å². The van der Waals surface area contributed by atoms with E-state index >= 15 is 0 Å². The fraction of sp³-hybridized carbons (Fsp3) is 0.510. The fourth-order valence-corrected chi connectivity index (χ4v) is 5.82. The molecular formula is C49H68O10. The number of hydrogen-bond acceptors (Lipinski definition) is 9. The minimum Gasteiger partial charge on any atom is -0.494 e. The first-order valence-corrected chi connectivity index (χ1v) is 21.5. The molecule has 0 atom stereocenters. The standard InChI is InChI=1S/C41H52O8.C8H16O2/c1-4-39(42)47-31-15-10-6-5-9-13-29-45-35-21-17-33(18-22-35)40(43)48-37-25-27-38(28-26-37)49-41(44)34-19-23-36(24-20-34)46-30-14-11-7-8-12-16-32(2)3;1-7(2)5-3-4-6-8(9)10/h4,17-28,32H,1,5-16,29-31H2,2-3H3;7H,3-6H2,1-2H3,(H,9,10). The Morgan fingerprint density at radius 1 is 0.508 bits per heavy atom. The minimum absolute atomic E-state index is 0.326. The smallest absolute Gasteiger partial charge is 0.343 e. The van der Waals surface area contributed by atoms with Gasteiger partial charge in [0.25, 0.3) is 0 Å². The zero-order valence-electron chi connectivity index (χ0n) is 35.9. The third kappa shape index (κ3) is 25.1. The second-order valence-electron chi connectivity index (χ2n) is 15.5. The van der Waals surface area contributed by atoms with Gasteiger partial charge in [-0.15, -0.1) is 0 Å². The van der Waals surface area contributed by atoms with Crippen molar-refractivity contribution in [2.24, 2.45) is 11.8 Å². The summed E-state index contributed by atoms with van der Waals surface area (Å²) in [6.07, 6.45) is 17.8. The summed E-state index contributed by atoms with van der Waals surface area (Å²) in [6.45, 7) is 13.9. The monoisotopic (exact) mass is 816 g/mol. The largest absolute Gasteiger partial charge is 0.494 e. The van der Waals surface area contributed by atoms with Crippen LogP contribution in [0.3, 0.4) is 0 Å². The first-order chi connectivity index (χ1) is 28.5. The molecule has 3 rings (SSSR count). The van der Waals surface area contributed by atoms with Crippen molar-refractivity contribution < 1.29 is 48.0 Å². The fourth-order valence-electron chi connectivity index (χ4n) is 5.82. The third-order valence-electron chi connectivity index (χ3n) is 9.26. The van der Waals surface area contributed by atoms with Crippen LogP contribution in [0.4, 0.5) is 0 Å². The number of ether oxygens (including phenoxy) is 5. The lowest BCUT2D eigenvalue weighted by Gasteiger charge is -2.09. The Kier molecular flexibility index (Phi) is 26.2. The summed E-state index contributed by atoms with van der Waals surface area (Å²) in [7, 11) is 0. The topological polar surface area (TPSA) is 135 Å². The Hall–Kier alpha value is -5.12. The molecule has 1 N–H and O–H groups in total. The molecule has 0 saturated heterocycles. The van der Waals surface area contributed by atoms with Crippen LogP contribution in [0.2, 0.25) is 0 Å². The number of carbonyl (C=O) groups is 4. The van der Waals surface area contributed by atoms with Crippen molar-refractivity contribution in [3.05, 3.63) is 96.6 Å². The second kappa shape index (κ2) is 30.9. The number of esters is 3. The lowest BCUT2D eigenvalue weighted by Crippen LogP contribution is -2.09. The van der Waals surface area contributed by atoms with Crippen molar-refractivity contribution in [1.29, 1.82) is 0 Å². The van der Waals surface area contributed by atoms with Crippen LogP contribution >= 0.6 is 0 Å². The highest BCUT2D eigenvalue weighted by Gasteiger charge is 2.12. The van der Waals surface area contributed by atoms with E-state index in [1.807, 2.05) is 0 Å². The molecule has 10 nitrogen and oxygen atoms in total. The van der Waals surface area contributed by atoms with Gasteiger partial charge in [-0.3, -0.25) is 4.79 Å². The zero-order valence-corrected chi connectivity index (χ0v) is 35.9. The highest BCUT2D eigenvalue weighted by atomic mass is 16.5. The molecule has 0 spiro atoms. The van der Waals surface area contributed by atoms with E-state index in [0.29, 0.717) is 60.5 Å². The average Bonchev–Trinajstić information content (AvgIpc) is 3.22. The van der Waals surface area contributed by atoms with Crippen LogP contribution in [0.25, 0.3) is 0 Å². The van der Waals surface area contributed by atoms with Crippen molar-refractivity contribution in [3.8, 4) is 23.0 Å². The summed E-state index contributed by atoms with van der Waals surface area (Å²) in [5.74, 6) is 1.53. The molecule has 0 aliphatic heterocycles. The molecule has 3 aromatic carbocycles. The summed E-state index contributed by atoms with van der Waals surface area (Å²) < 4.78 is 27.6. The summed E-state index contributed by atoms with van der Waals surface area (Å²) in [5.41, 5.74) is 0.809. The lowest BCUT2D eigenvalue weighted by atomic mass is 10.0. The van der Waals surface area contributed by atoms with Crippen LogP contribution in [-0.2, 0) is 14.3 Å².